The average Bonchev–Trinajstić information content (AvgIpc) is 2.37. The molecule has 0 saturated carbocycles. The summed E-state index contributed by atoms with van der Waals surface area (Å²) >= 11 is 0. The van der Waals surface area contributed by atoms with Gasteiger partial charge in [0.15, 0.2) is 6.10 Å². The van der Waals surface area contributed by atoms with E-state index >= 15 is 0 Å². The van der Waals surface area contributed by atoms with Gasteiger partial charge in [-0.3, -0.25) is 14.9 Å². The first-order valence-corrected chi connectivity index (χ1v) is 5.98. The molecule has 0 aliphatic rings. The van der Waals surface area contributed by atoms with E-state index in [1.807, 2.05) is 0 Å². The normalized spacial score (nSPS) is 11.1. The predicted molar refractivity (Wildman–Crippen MR) is 73.3 cm³/mol. The van der Waals surface area contributed by atoms with Crippen molar-refractivity contribution in [3.8, 4) is 0 Å². The van der Waals surface area contributed by atoms with E-state index in [0.717, 1.165) is 0 Å². The van der Waals surface area contributed by atoms with Crippen LogP contribution in [0.4, 0.5) is 10.5 Å². The molecule has 0 aliphatic heterocycles. The van der Waals surface area contributed by atoms with Crippen molar-refractivity contribution in [1.82, 2.24) is 5.32 Å². The van der Waals surface area contributed by atoms with Gasteiger partial charge in [0.05, 0.1) is 5.56 Å². The van der Waals surface area contributed by atoms with Gasteiger partial charge in [0.25, 0.3) is 5.91 Å². The number of hydrogen-bond donors (Lipinski definition) is 3. The van der Waals surface area contributed by atoms with Crippen molar-refractivity contribution in [2.75, 3.05) is 5.32 Å². The van der Waals surface area contributed by atoms with Crippen LogP contribution in [0.5, 0.6) is 0 Å². The van der Waals surface area contributed by atoms with E-state index in [-0.39, 0.29) is 11.5 Å². The van der Waals surface area contributed by atoms with Crippen molar-refractivity contribution in [1.29, 1.82) is 0 Å². The topological polar surface area (TPSA) is 128 Å². The molecule has 0 unspecified atom stereocenters. The van der Waals surface area contributed by atoms with Crippen molar-refractivity contribution in [3.63, 3.8) is 0 Å². The van der Waals surface area contributed by atoms with Crippen molar-refractivity contribution in [2.45, 2.75) is 20.0 Å². The van der Waals surface area contributed by atoms with Crippen molar-refractivity contribution < 1.29 is 23.9 Å². The number of esters is 1. The molecule has 1 aromatic carbocycles. The number of amides is 4. The summed E-state index contributed by atoms with van der Waals surface area (Å²) in [6, 6.07) is 4.89. The number of nitrogens with one attached hydrogen (secondary N) is 2. The molecule has 0 bridgehead atoms. The van der Waals surface area contributed by atoms with Crippen LogP contribution >= 0.6 is 0 Å². The monoisotopic (exact) mass is 293 g/mol. The number of nitrogens with two attached hydrogens (primary N) is 1. The molecular weight excluding hydrogens is 278 g/mol. The number of hydrogen-bond acceptors (Lipinski definition) is 5. The van der Waals surface area contributed by atoms with Crippen molar-refractivity contribution in [3.05, 3.63) is 29.8 Å². The molecule has 21 heavy (non-hydrogen) atoms. The SMILES string of the molecule is CC(=O)Nc1ccc(C(=O)O[C@H](C)C(=O)NC(N)=O)cc1. The summed E-state index contributed by atoms with van der Waals surface area (Å²) in [6.07, 6.45) is -1.17. The number of carbonyl (C=O) groups is 4. The molecule has 0 saturated heterocycles. The summed E-state index contributed by atoms with van der Waals surface area (Å²) < 4.78 is 4.87. The lowest BCUT2D eigenvalue weighted by Crippen LogP contribution is -2.42. The van der Waals surface area contributed by atoms with E-state index in [2.05, 4.69) is 5.32 Å². The first-order valence-electron chi connectivity index (χ1n) is 5.98. The Labute approximate surface area is 120 Å². The zero-order valence-corrected chi connectivity index (χ0v) is 11.5. The summed E-state index contributed by atoms with van der Waals surface area (Å²) in [4.78, 5) is 44.5. The maximum Gasteiger partial charge on any atom is 0.338 e. The molecule has 0 spiro atoms. The van der Waals surface area contributed by atoms with E-state index in [0.29, 0.717) is 5.69 Å². The molecule has 1 atom stereocenters. The molecule has 0 radical (unpaired) electrons. The minimum absolute atomic E-state index is 0.197. The van der Waals surface area contributed by atoms with E-state index in [9.17, 15) is 19.2 Å². The molecular formula is C13H15N3O5. The molecule has 0 aliphatic carbocycles. The van der Waals surface area contributed by atoms with Crippen LogP contribution < -0.4 is 16.4 Å². The smallest absolute Gasteiger partial charge is 0.338 e. The van der Waals surface area contributed by atoms with Gasteiger partial charge in [-0.15, -0.1) is 0 Å². The third kappa shape index (κ3) is 5.31. The fourth-order valence-electron chi connectivity index (χ4n) is 1.40. The van der Waals surface area contributed by atoms with Gasteiger partial charge in [0.2, 0.25) is 5.91 Å². The third-order valence-corrected chi connectivity index (χ3v) is 2.34. The highest BCUT2D eigenvalue weighted by atomic mass is 16.5. The van der Waals surface area contributed by atoms with Gasteiger partial charge in [-0.2, -0.15) is 0 Å². The first kappa shape index (κ1) is 16.2. The van der Waals surface area contributed by atoms with E-state index < -0.39 is 24.0 Å². The zero-order valence-electron chi connectivity index (χ0n) is 11.5. The Morgan fingerprint density at radius 2 is 1.71 bits per heavy atom. The maximum atomic E-state index is 11.8. The lowest BCUT2D eigenvalue weighted by Gasteiger charge is -2.12. The fraction of sp³-hybridized carbons (Fsp3) is 0.231. The molecule has 0 heterocycles. The van der Waals surface area contributed by atoms with Gasteiger partial charge in [-0.25, -0.2) is 9.59 Å². The summed E-state index contributed by atoms with van der Waals surface area (Å²) in [5.74, 6) is -1.79. The molecule has 0 aromatic heterocycles. The van der Waals surface area contributed by atoms with Gasteiger partial charge in [0, 0.05) is 12.6 Å². The molecule has 8 nitrogen and oxygen atoms in total. The molecule has 4 N–H and O–H groups in total. The van der Waals surface area contributed by atoms with Gasteiger partial charge in [-0.1, -0.05) is 0 Å². The Morgan fingerprint density at radius 3 is 2.19 bits per heavy atom. The van der Waals surface area contributed by atoms with Gasteiger partial charge >= 0.3 is 12.0 Å². The van der Waals surface area contributed by atoms with Crippen LogP contribution in [0.25, 0.3) is 0 Å². The number of urea groups is 1. The molecule has 1 rings (SSSR count). The Kier molecular flexibility index (Phi) is 5.41. The van der Waals surface area contributed by atoms with Crippen LogP contribution in [-0.4, -0.2) is 29.9 Å². The zero-order chi connectivity index (χ0) is 16.0. The Hall–Kier alpha value is -2.90. The van der Waals surface area contributed by atoms with E-state index in [1.165, 1.54) is 38.1 Å². The standard InChI is InChI=1S/C13H15N3O5/c1-7(11(18)16-13(14)20)21-12(19)9-3-5-10(6-4-9)15-8(2)17/h3-7H,1-2H3,(H,15,17)(H3,14,16,18,20)/t7-/m1/s1. The Balaban J connectivity index is 2.65. The Morgan fingerprint density at radius 1 is 1.14 bits per heavy atom. The van der Waals surface area contributed by atoms with Gasteiger partial charge < -0.3 is 15.8 Å². The second kappa shape index (κ2) is 7.04. The number of anilines is 1. The van der Waals surface area contributed by atoms with Crippen LogP contribution in [0.2, 0.25) is 0 Å². The van der Waals surface area contributed by atoms with Crippen molar-refractivity contribution in [2.24, 2.45) is 5.73 Å². The highest BCUT2D eigenvalue weighted by Crippen LogP contribution is 2.11. The highest BCUT2D eigenvalue weighted by Gasteiger charge is 2.19. The number of imide groups is 1. The number of rotatable bonds is 4. The highest BCUT2D eigenvalue weighted by molar-refractivity contribution is 5.98. The minimum atomic E-state index is -1.17. The fourth-order valence-corrected chi connectivity index (χ4v) is 1.40. The molecule has 8 heteroatoms. The maximum absolute atomic E-state index is 11.8. The predicted octanol–water partition coefficient (Wildman–Crippen LogP) is 0.385. The third-order valence-electron chi connectivity index (χ3n) is 2.34. The summed E-state index contributed by atoms with van der Waals surface area (Å²) in [7, 11) is 0. The van der Waals surface area contributed by atoms with Crippen LogP contribution in [0.15, 0.2) is 24.3 Å². The lowest BCUT2D eigenvalue weighted by atomic mass is 10.2. The number of benzene rings is 1. The minimum Gasteiger partial charge on any atom is -0.449 e. The molecule has 112 valence electrons. The van der Waals surface area contributed by atoms with E-state index in [1.54, 1.807) is 5.32 Å². The second-order valence-corrected chi connectivity index (χ2v) is 4.16. The Bertz CT molecular complexity index is 568. The number of ether oxygens (including phenoxy) is 1. The summed E-state index contributed by atoms with van der Waals surface area (Å²) in [6.45, 7) is 2.67. The second-order valence-electron chi connectivity index (χ2n) is 4.16. The van der Waals surface area contributed by atoms with Crippen LogP contribution in [0.1, 0.15) is 24.2 Å². The van der Waals surface area contributed by atoms with Gasteiger partial charge in [0.1, 0.15) is 0 Å². The molecule has 1 aromatic rings. The number of primary amides is 1. The molecule has 4 amide bonds. The molecule has 0 fully saturated rings. The number of carbonyl (C=O) groups excluding carboxylic acids is 4. The van der Waals surface area contributed by atoms with Crippen LogP contribution in [-0.2, 0) is 14.3 Å². The summed E-state index contributed by atoms with van der Waals surface area (Å²) in [5.41, 5.74) is 5.51. The first-order chi connectivity index (χ1) is 9.79. The summed E-state index contributed by atoms with van der Waals surface area (Å²) in [5, 5.41) is 4.35. The quantitative estimate of drug-likeness (QED) is 0.692. The average molecular weight is 293 g/mol. The van der Waals surface area contributed by atoms with E-state index in [4.69, 9.17) is 10.5 Å². The van der Waals surface area contributed by atoms with Crippen molar-refractivity contribution >= 4 is 29.5 Å². The lowest BCUT2D eigenvalue weighted by molar-refractivity contribution is -0.127. The van der Waals surface area contributed by atoms with Gasteiger partial charge in [-0.05, 0) is 31.2 Å². The van der Waals surface area contributed by atoms with Crippen LogP contribution in [0, 0.1) is 0 Å². The van der Waals surface area contributed by atoms with Crippen LogP contribution in [0.3, 0.4) is 0 Å². The largest absolute Gasteiger partial charge is 0.449 e.